The fraction of sp³-hybridized carbons (Fsp3) is 0.562. The van der Waals surface area contributed by atoms with Gasteiger partial charge in [-0.2, -0.15) is 0 Å². The predicted molar refractivity (Wildman–Crippen MR) is 85.1 cm³/mol. The van der Waals surface area contributed by atoms with Crippen LogP contribution in [0.5, 0.6) is 0 Å². The highest BCUT2D eigenvalue weighted by Gasteiger charge is 2.10. The number of likely N-dealkylation sites (tertiary alicyclic amines) is 1. The van der Waals surface area contributed by atoms with E-state index in [1.807, 2.05) is 18.2 Å². The third-order valence-electron chi connectivity index (χ3n) is 3.51. The molecular weight excluding hydrogens is 268 g/mol. The van der Waals surface area contributed by atoms with Crippen molar-refractivity contribution in [2.24, 2.45) is 0 Å². The van der Waals surface area contributed by atoms with E-state index >= 15 is 0 Å². The molecule has 0 aliphatic carbocycles. The van der Waals surface area contributed by atoms with Gasteiger partial charge in [0, 0.05) is 23.6 Å². The van der Waals surface area contributed by atoms with Crippen molar-refractivity contribution in [2.75, 3.05) is 31.9 Å². The fourth-order valence-corrected chi connectivity index (χ4v) is 3.28. The predicted octanol–water partition coefficient (Wildman–Crippen LogP) is 2.77. The summed E-state index contributed by atoms with van der Waals surface area (Å²) in [5, 5.41) is 3.01. The summed E-state index contributed by atoms with van der Waals surface area (Å²) < 4.78 is 0. The van der Waals surface area contributed by atoms with Crippen LogP contribution in [0.15, 0.2) is 35.2 Å². The summed E-state index contributed by atoms with van der Waals surface area (Å²) in [6, 6.07) is 10.2. The van der Waals surface area contributed by atoms with Gasteiger partial charge in [-0.3, -0.25) is 4.79 Å². The lowest BCUT2D eigenvalue weighted by atomic mass is 10.3. The summed E-state index contributed by atoms with van der Waals surface area (Å²) in [5.41, 5.74) is 0. The molecule has 0 atom stereocenters. The maximum Gasteiger partial charge on any atom is 0.220 e. The molecule has 0 radical (unpaired) electrons. The SMILES string of the molecule is O=C(CCSc1ccccc1)NCCCN1CCCC1. The fourth-order valence-electron chi connectivity index (χ4n) is 2.40. The highest BCUT2D eigenvalue weighted by molar-refractivity contribution is 7.99. The summed E-state index contributed by atoms with van der Waals surface area (Å²) in [6.45, 7) is 4.41. The van der Waals surface area contributed by atoms with E-state index in [2.05, 4.69) is 22.3 Å². The van der Waals surface area contributed by atoms with Crippen molar-refractivity contribution >= 4 is 17.7 Å². The summed E-state index contributed by atoms with van der Waals surface area (Å²) in [7, 11) is 0. The molecule has 1 aliphatic rings. The van der Waals surface area contributed by atoms with Crippen molar-refractivity contribution in [1.29, 1.82) is 0 Å². The largest absolute Gasteiger partial charge is 0.356 e. The molecule has 20 heavy (non-hydrogen) atoms. The first kappa shape index (κ1) is 15.4. The second kappa shape index (κ2) is 9.03. The molecule has 4 heteroatoms. The Labute approximate surface area is 126 Å². The molecule has 3 nitrogen and oxygen atoms in total. The molecule has 1 saturated heterocycles. The number of hydrogen-bond acceptors (Lipinski definition) is 3. The third kappa shape index (κ3) is 5.97. The lowest BCUT2D eigenvalue weighted by molar-refractivity contribution is -0.120. The maximum absolute atomic E-state index is 11.7. The number of hydrogen-bond donors (Lipinski definition) is 1. The number of nitrogens with zero attached hydrogens (tertiary/aromatic N) is 1. The zero-order chi connectivity index (χ0) is 14.0. The quantitative estimate of drug-likeness (QED) is 0.591. The van der Waals surface area contributed by atoms with Crippen LogP contribution in [-0.4, -0.2) is 42.7 Å². The van der Waals surface area contributed by atoms with E-state index in [1.165, 1.54) is 30.8 Å². The molecule has 1 aromatic carbocycles. The number of nitrogens with one attached hydrogen (secondary N) is 1. The zero-order valence-corrected chi connectivity index (χ0v) is 12.8. The lowest BCUT2D eigenvalue weighted by Crippen LogP contribution is -2.28. The summed E-state index contributed by atoms with van der Waals surface area (Å²) in [6.07, 6.45) is 4.34. The van der Waals surface area contributed by atoms with Gasteiger partial charge >= 0.3 is 0 Å². The lowest BCUT2D eigenvalue weighted by Gasteiger charge is -2.14. The zero-order valence-electron chi connectivity index (χ0n) is 12.0. The molecule has 0 spiro atoms. The normalized spacial score (nSPS) is 15.4. The van der Waals surface area contributed by atoms with Crippen LogP contribution in [-0.2, 0) is 4.79 Å². The molecule has 110 valence electrons. The topological polar surface area (TPSA) is 32.3 Å². The van der Waals surface area contributed by atoms with Gasteiger partial charge in [0.25, 0.3) is 0 Å². The number of thioether (sulfide) groups is 1. The minimum absolute atomic E-state index is 0.176. The van der Waals surface area contributed by atoms with Crippen LogP contribution in [0.1, 0.15) is 25.7 Å². The van der Waals surface area contributed by atoms with Crippen LogP contribution in [0.2, 0.25) is 0 Å². The number of amides is 1. The van der Waals surface area contributed by atoms with Crippen molar-refractivity contribution in [3.8, 4) is 0 Å². The Kier molecular flexibility index (Phi) is 6.95. The Balaban J connectivity index is 1.48. The Hall–Kier alpha value is -1.00. The summed E-state index contributed by atoms with van der Waals surface area (Å²) >= 11 is 1.74. The van der Waals surface area contributed by atoms with E-state index in [0.29, 0.717) is 6.42 Å². The van der Waals surface area contributed by atoms with Crippen LogP contribution in [0.4, 0.5) is 0 Å². The van der Waals surface area contributed by atoms with Crippen LogP contribution >= 0.6 is 11.8 Å². The van der Waals surface area contributed by atoms with E-state index in [9.17, 15) is 4.79 Å². The van der Waals surface area contributed by atoms with Gasteiger partial charge in [0.05, 0.1) is 0 Å². The molecule has 0 bridgehead atoms. The molecule has 0 aromatic heterocycles. The molecule has 0 unspecified atom stereocenters. The van der Waals surface area contributed by atoms with E-state index in [0.717, 1.165) is 25.3 Å². The molecule has 1 N–H and O–H groups in total. The first-order chi connectivity index (χ1) is 9.84. The molecule has 1 heterocycles. The van der Waals surface area contributed by atoms with Gasteiger partial charge in [0.1, 0.15) is 0 Å². The first-order valence-corrected chi connectivity index (χ1v) is 8.50. The standard InChI is InChI=1S/C16H24N2OS/c19-16(9-14-20-15-7-2-1-3-8-15)17-10-6-13-18-11-4-5-12-18/h1-3,7-8H,4-6,9-14H2,(H,17,19). The summed E-state index contributed by atoms with van der Waals surface area (Å²) in [4.78, 5) is 15.4. The number of rotatable bonds is 8. The van der Waals surface area contributed by atoms with E-state index < -0.39 is 0 Å². The molecule has 1 amide bonds. The molecule has 0 saturated carbocycles. The van der Waals surface area contributed by atoms with Crippen molar-refractivity contribution < 1.29 is 4.79 Å². The maximum atomic E-state index is 11.7. The first-order valence-electron chi connectivity index (χ1n) is 7.51. The highest BCUT2D eigenvalue weighted by Crippen LogP contribution is 2.17. The Bertz CT molecular complexity index is 391. The van der Waals surface area contributed by atoms with Gasteiger partial charge in [-0.05, 0) is 51.0 Å². The van der Waals surface area contributed by atoms with Gasteiger partial charge in [-0.15, -0.1) is 11.8 Å². The minimum Gasteiger partial charge on any atom is -0.356 e. The number of benzene rings is 1. The van der Waals surface area contributed by atoms with Gasteiger partial charge in [0.15, 0.2) is 0 Å². The smallest absolute Gasteiger partial charge is 0.220 e. The van der Waals surface area contributed by atoms with Gasteiger partial charge in [0.2, 0.25) is 5.91 Å². The van der Waals surface area contributed by atoms with Crippen molar-refractivity contribution in [3.05, 3.63) is 30.3 Å². The van der Waals surface area contributed by atoms with Crippen LogP contribution in [0.25, 0.3) is 0 Å². The average Bonchev–Trinajstić information content (AvgIpc) is 2.98. The highest BCUT2D eigenvalue weighted by atomic mass is 32.2. The number of carbonyl (C=O) groups is 1. The van der Waals surface area contributed by atoms with Gasteiger partial charge < -0.3 is 10.2 Å². The third-order valence-corrected chi connectivity index (χ3v) is 4.53. The second-order valence-electron chi connectivity index (χ2n) is 5.16. The molecule has 1 fully saturated rings. The summed E-state index contributed by atoms with van der Waals surface area (Å²) in [5.74, 6) is 1.02. The molecule has 2 rings (SSSR count). The average molecular weight is 292 g/mol. The van der Waals surface area contributed by atoms with Gasteiger partial charge in [-0.25, -0.2) is 0 Å². The minimum atomic E-state index is 0.176. The second-order valence-corrected chi connectivity index (χ2v) is 6.33. The monoisotopic (exact) mass is 292 g/mol. The van der Waals surface area contributed by atoms with E-state index in [-0.39, 0.29) is 5.91 Å². The van der Waals surface area contributed by atoms with Crippen molar-refractivity contribution in [1.82, 2.24) is 10.2 Å². The van der Waals surface area contributed by atoms with Gasteiger partial charge in [-0.1, -0.05) is 18.2 Å². The van der Waals surface area contributed by atoms with Crippen LogP contribution in [0.3, 0.4) is 0 Å². The molecule has 1 aromatic rings. The Morgan fingerprint density at radius 2 is 1.95 bits per heavy atom. The van der Waals surface area contributed by atoms with Crippen molar-refractivity contribution in [2.45, 2.75) is 30.6 Å². The van der Waals surface area contributed by atoms with Crippen molar-refractivity contribution in [3.63, 3.8) is 0 Å². The Morgan fingerprint density at radius 1 is 1.20 bits per heavy atom. The number of carbonyl (C=O) groups excluding carboxylic acids is 1. The molecular formula is C16H24N2OS. The van der Waals surface area contributed by atoms with E-state index in [4.69, 9.17) is 0 Å². The Morgan fingerprint density at radius 3 is 2.70 bits per heavy atom. The van der Waals surface area contributed by atoms with Crippen LogP contribution in [0, 0.1) is 0 Å². The van der Waals surface area contributed by atoms with E-state index in [1.54, 1.807) is 11.8 Å². The molecule has 1 aliphatic heterocycles. The van der Waals surface area contributed by atoms with Crippen LogP contribution < -0.4 is 5.32 Å².